The molecule has 0 bridgehead atoms. The predicted molar refractivity (Wildman–Crippen MR) is 96.8 cm³/mol. The molecule has 2 atom stereocenters. The first-order chi connectivity index (χ1) is 12.1. The van der Waals surface area contributed by atoms with E-state index in [1.54, 1.807) is 0 Å². The van der Waals surface area contributed by atoms with Gasteiger partial charge in [0, 0.05) is 6.42 Å². The molecular formula is C20H24N2O3. The van der Waals surface area contributed by atoms with Crippen LogP contribution in [0.15, 0.2) is 42.5 Å². The summed E-state index contributed by atoms with van der Waals surface area (Å²) in [5, 5.41) is 15.8. The first kappa shape index (κ1) is 17.3. The van der Waals surface area contributed by atoms with Gasteiger partial charge in [-0.1, -0.05) is 42.5 Å². The van der Waals surface area contributed by atoms with Crippen LogP contribution in [0.4, 0.5) is 4.79 Å². The molecule has 2 aromatic carbocycles. The third-order valence-corrected chi connectivity index (χ3v) is 4.53. The molecule has 25 heavy (non-hydrogen) atoms. The molecule has 1 aliphatic rings. The minimum absolute atomic E-state index is 0.300. The lowest BCUT2D eigenvalue weighted by molar-refractivity contribution is 0.142. The van der Waals surface area contributed by atoms with Gasteiger partial charge in [0.2, 0.25) is 0 Å². The monoisotopic (exact) mass is 340 g/mol. The zero-order valence-electron chi connectivity index (χ0n) is 14.6. The van der Waals surface area contributed by atoms with Crippen LogP contribution in [0.25, 0.3) is 0 Å². The molecule has 0 heterocycles. The molecule has 0 fully saturated rings. The average molecular weight is 340 g/mol. The van der Waals surface area contributed by atoms with Gasteiger partial charge in [0.1, 0.15) is 12.4 Å². The molecule has 5 nitrogen and oxygen atoms in total. The van der Waals surface area contributed by atoms with Crippen LogP contribution >= 0.6 is 0 Å². The number of carbonyl (C=O) groups excluding carboxylic acids is 1. The second kappa shape index (κ2) is 7.57. The van der Waals surface area contributed by atoms with E-state index in [-0.39, 0.29) is 12.1 Å². The van der Waals surface area contributed by atoms with E-state index in [2.05, 4.69) is 10.6 Å². The number of carbonyl (C=O) groups is 1. The van der Waals surface area contributed by atoms with Crippen molar-refractivity contribution >= 4 is 6.03 Å². The van der Waals surface area contributed by atoms with Gasteiger partial charge in [0.05, 0.1) is 18.7 Å². The average Bonchev–Trinajstić information content (AvgIpc) is 2.89. The normalized spacial score (nSPS) is 18.5. The van der Waals surface area contributed by atoms with Crippen molar-refractivity contribution < 1.29 is 14.6 Å². The second-order valence-corrected chi connectivity index (χ2v) is 6.42. The molecular weight excluding hydrogens is 316 g/mol. The van der Waals surface area contributed by atoms with Crippen molar-refractivity contribution in [2.45, 2.75) is 32.4 Å². The van der Waals surface area contributed by atoms with Crippen molar-refractivity contribution in [2.24, 2.45) is 0 Å². The highest BCUT2D eigenvalue weighted by Gasteiger charge is 2.31. The van der Waals surface area contributed by atoms with Gasteiger partial charge in [0.25, 0.3) is 0 Å². The van der Waals surface area contributed by atoms with Crippen LogP contribution in [0.3, 0.4) is 0 Å². The number of aliphatic hydroxyl groups is 1. The smallest absolute Gasteiger partial charge is 0.315 e. The number of ether oxygens (including phenoxy) is 1. The number of rotatable bonds is 5. The third-order valence-electron chi connectivity index (χ3n) is 4.53. The van der Waals surface area contributed by atoms with E-state index in [4.69, 9.17) is 4.74 Å². The SMILES string of the molecule is Cc1cccc(C)c1OCCNC(=O)NC1c2ccccc2CC1O. The maximum atomic E-state index is 12.1. The Balaban J connectivity index is 1.48. The van der Waals surface area contributed by atoms with Crippen molar-refractivity contribution in [1.82, 2.24) is 10.6 Å². The van der Waals surface area contributed by atoms with Crippen molar-refractivity contribution in [2.75, 3.05) is 13.2 Å². The van der Waals surface area contributed by atoms with Crippen molar-refractivity contribution in [1.29, 1.82) is 0 Å². The van der Waals surface area contributed by atoms with Crippen LogP contribution < -0.4 is 15.4 Å². The zero-order valence-corrected chi connectivity index (χ0v) is 14.6. The highest BCUT2D eigenvalue weighted by Crippen LogP contribution is 2.31. The van der Waals surface area contributed by atoms with E-state index in [0.717, 1.165) is 28.0 Å². The molecule has 2 amide bonds. The van der Waals surface area contributed by atoms with E-state index < -0.39 is 6.10 Å². The minimum atomic E-state index is -0.589. The fraction of sp³-hybridized carbons (Fsp3) is 0.350. The molecule has 2 aromatic rings. The number of aliphatic hydroxyl groups excluding tert-OH is 1. The molecule has 5 heteroatoms. The predicted octanol–water partition coefficient (Wildman–Crippen LogP) is 2.64. The molecule has 1 aliphatic carbocycles. The van der Waals surface area contributed by atoms with Crippen LogP contribution in [-0.2, 0) is 6.42 Å². The van der Waals surface area contributed by atoms with Crippen LogP contribution in [0.1, 0.15) is 28.3 Å². The Morgan fingerprint density at radius 2 is 1.88 bits per heavy atom. The zero-order chi connectivity index (χ0) is 17.8. The Morgan fingerprint density at radius 3 is 2.64 bits per heavy atom. The fourth-order valence-electron chi connectivity index (χ4n) is 3.28. The summed E-state index contributed by atoms with van der Waals surface area (Å²) >= 11 is 0. The summed E-state index contributed by atoms with van der Waals surface area (Å²) < 4.78 is 5.77. The van der Waals surface area contributed by atoms with E-state index in [9.17, 15) is 9.90 Å². The Labute approximate surface area is 148 Å². The highest BCUT2D eigenvalue weighted by atomic mass is 16.5. The van der Waals surface area contributed by atoms with Gasteiger partial charge < -0.3 is 20.5 Å². The number of urea groups is 1. The van der Waals surface area contributed by atoms with E-state index in [1.165, 1.54) is 0 Å². The molecule has 0 spiro atoms. The Kier molecular flexibility index (Phi) is 5.24. The van der Waals surface area contributed by atoms with Gasteiger partial charge in [-0.2, -0.15) is 0 Å². The summed E-state index contributed by atoms with van der Waals surface area (Å²) in [6.07, 6.45) is -0.0226. The van der Waals surface area contributed by atoms with E-state index in [0.29, 0.717) is 19.6 Å². The van der Waals surface area contributed by atoms with Crippen LogP contribution in [-0.4, -0.2) is 30.4 Å². The topological polar surface area (TPSA) is 70.6 Å². The van der Waals surface area contributed by atoms with Crippen molar-refractivity contribution in [3.63, 3.8) is 0 Å². The van der Waals surface area contributed by atoms with Gasteiger partial charge in [0.15, 0.2) is 0 Å². The quantitative estimate of drug-likeness (QED) is 0.733. The van der Waals surface area contributed by atoms with Gasteiger partial charge in [-0.05, 0) is 36.1 Å². The van der Waals surface area contributed by atoms with E-state index >= 15 is 0 Å². The maximum absolute atomic E-state index is 12.1. The summed E-state index contributed by atoms with van der Waals surface area (Å²) in [6, 6.07) is 13.1. The van der Waals surface area contributed by atoms with Gasteiger partial charge in [-0.3, -0.25) is 0 Å². The Bertz CT molecular complexity index is 740. The van der Waals surface area contributed by atoms with Crippen LogP contribution in [0.5, 0.6) is 5.75 Å². The second-order valence-electron chi connectivity index (χ2n) is 6.42. The maximum Gasteiger partial charge on any atom is 0.315 e. The molecule has 132 valence electrons. The van der Waals surface area contributed by atoms with Gasteiger partial charge in [-0.15, -0.1) is 0 Å². The molecule has 3 rings (SSSR count). The van der Waals surface area contributed by atoms with Crippen LogP contribution in [0, 0.1) is 13.8 Å². The summed E-state index contributed by atoms with van der Waals surface area (Å²) in [6.45, 7) is 4.79. The van der Waals surface area contributed by atoms with Gasteiger partial charge >= 0.3 is 6.03 Å². The number of hydrogen-bond acceptors (Lipinski definition) is 3. The summed E-state index contributed by atoms with van der Waals surface area (Å²) in [5.74, 6) is 0.866. The number of nitrogens with one attached hydrogen (secondary N) is 2. The molecule has 0 aromatic heterocycles. The third kappa shape index (κ3) is 3.94. The van der Waals surface area contributed by atoms with Crippen molar-refractivity contribution in [3.05, 3.63) is 64.7 Å². The Hall–Kier alpha value is -2.53. The fourth-order valence-corrected chi connectivity index (χ4v) is 3.28. The van der Waals surface area contributed by atoms with Gasteiger partial charge in [-0.25, -0.2) is 4.79 Å². The first-order valence-electron chi connectivity index (χ1n) is 8.55. The number of fused-ring (bicyclic) bond motifs is 1. The molecule has 2 unspecified atom stereocenters. The molecule has 0 saturated carbocycles. The molecule has 0 saturated heterocycles. The largest absolute Gasteiger partial charge is 0.491 e. The molecule has 0 radical (unpaired) electrons. The summed E-state index contributed by atoms with van der Waals surface area (Å²) in [5.41, 5.74) is 4.22. The summed E-state index contributed by atoms with van der Waals surface area (Å²) in [4.78, 5) is 12.1. The van der Waals surface area contributed by atoms with E-state index in [1.807, 2.05) is 56.3 Å². The number of para-hydroxylation sites is 1. The number of amides is 2. The molecule has 0 aliphatic heterocycles. The lowest BCUT2D eigenvalue weighted by Gasteiger charge is -2.18. The van der Waals surface area contributed by atoms with Crippen molar-refractivity contribution in [3.8, 4) is 5.75 Å². The summed E-state index contributed by atoms with van der Waals surface area (Å²) in [7, 11) is 0. The lowest BCUT2D eigenvalue weighted by atomic mass is 10.1. The first-order valence-corrected chi connectivity index (χ1v) is 8.55. The number of aryl methyl sites for hydroxylation is 2. The number of hydrogen-bond donors (Lipinski definition) is 3. The highest BCUT2D eigenvalue weighted by molar-refractivity contribution is 5.74. The molecule has 3 N–H and O–H groups in total. The Morgan fingerprint density at radius 1 is 1.16 bits per heavy atom. The lowest BCUT2D eigenvalue weighted by Crippen LogP contribution is -2.42. The van der Waals surface area contributed by atoms with Crippen LogP contribution in [0.2, 0.25) is 0 Å². The minimum Gasteiger partial charge on any atom is -0.491 e. The standard InChI is InChI=1S/C20H24N2O3/c1-13-6-5-7-14(2)19(13)25-11-10-21-20(24)22-18-16-9-4-3-8-15(16)12-17(18)23/h3-9,17-18,23H,10-12H2,1-2H3,(H2,21,22,24). The number of benzene rings is 2.